The third-order valence-electron chi connectivity index (χ3n) is 5.88. The topological polar surface area (TPSA) is 161 Å². The highest BCUT2D eigenvalue weighted by Crippen LogP contribution is 2.34. The lowest BCUT2D eigenvalue weighted by Gasteiger charge is -2.27. The molecule has 0 atom stereocenters. The second-order valence-corrected chi connectivity index (χ2v) is 7.86. The van der Waals surface area contributed by atoms with Crippen LogP contribution in [0.5, 0.6) is 5.75 Å². The number of pyridine rings is 1. The summed E-state index contributed by atoms with van der Waals surface area (Å²) in [7, 11) is 1.46. The van der Waals surface area contributed by atoms with Gasteiger partial charge in [0.15, 0.2) is 17.5 Å². The molecule has 5 N–H and O–H groups in total. The SMILES string of the molecule is COc1cnc(N(N)/C=C\N)c2[nH]cc(C(=O)C(=O)N3CCn4c(nnc4-c4ccccc4)C3)c12. The minimum atomic E-state index is -0.680. The molecule has 0 bridgehead atoms. The molecular weight excluding hydrogens is 450 g/mol. The van der Waals surface area contributed by atoms with Crippen molar-refractivity contribution in [2.24, 2.45) is 11.6 Å². The second-order valence-electron chi connectivity index (χ2n) is 7.86. The monoisotopic (exact) mass is 473 g/mol. The molecule has 12 nitrogen and oxygen atoms in total. The molecule has 35 heavy (non-hydrogen) atoms. The van der Waals surface area contributed by atoms with E-state index in [9.17, 15) is 9.59 Å². The summed E-state index contributed by atoms with van der Waals surface area (Å²) in [4.78, 5) is 35.3. The van der Waals surface area contributed by atoms with Gasteiger partial charge in [0, 0.05) is 37.2 Å². The third-order valence-corrected chi connectivity index (χ3v) is 5.88. The van der Waals surface area contributed by atoms with E-state index in [1.807, 2.05) is 34.9 Å². The van der Waals surface area contributed by atoms with Crippen molar-refractivity contribution in [3.63, 3.8) is 0 Å². The molecule has 3 aromatic heterocycles. The fourth-order valence-corrected chi connectivity index (χ4v) is 4.19. The number of ether oxygens (including phenoxy) is 1. The van der Waals surface area contributed by atoms with Gasteiger partial charge in [-0.3, -0.25) is 14.6 Å². The summed E-state index contributed by atoms with van der Waals surface area (Å²) in [5, 5.41) is 10.2. The standard InChI is InChI=1S/C23H23N9O3/c1-35-16-12-27-22(32(25)8-7-24)19-18(16)15(11-26-19)20(33)23(34)30-9-10-31-17(13-30)28-29-21(31)14-5-3-2-4-6-14/h2-8,11-12,26H,9-10,13,24-25H2,1H3/b8-7-. The number of carbonyl (C=O) groups excluding carboxylic acids is 2. The molecule has 0 unspecified atom stereocenters. The zero-order valence-corrected chi connectivity index (χ0v) is 18.9. The van der Waals surface area contributed by atoms with Gasteiger partial charge >= 0.3 is 0 Å². The number of nitrogens with one attached hydrogen (secondary N) is 1. The molecule has 1 amide bonds. The van der Waals surface area contributed by atoms with Crippen LogP contribution in [-0.4, -0.2) is 55.0 Å². The summed E-state index contributed by atoms with van der Waals surface area (Å²) in [6, 6.07) is 9.71. The number of Topliss-reactive ketones (excluding diaryl/α,β-unsaturated/α-hetero) is 1. The Labute approximate surface area is 199 Å². The minimum Gasteiger partial charge on any atom is -0.494 e. The first-order valence-electron chi connectivity index (χ1n) is 10.8. The van der Waals surface area contributed by atoms with Gasteiger partial charge in [-0.15, -0.1) is 10.2 Å². The Hall–Kier alpha value is -4.71. The number of aromatic amines is 1. The number of hydrazine groups is 1. The number of H-pyrrole nitrogens is 1. The number of amides is 1. The quantitative estimate of drug-likeness (QED) is 0.161. The van der Waals surface area contributed by atoms with Crippen molar-refractivity contribution in [1.29, 1.82) is 0 Å². The third kappa shape index (κ3) is 3.75. The molecule has 12 heteroatoms. The average molecular weight is 473 g/mol. The number of aromatic nitrogens is 5. The molecule has 1 aromatic carbocycles. The van der Waals surface area contributed by atoms with Crippen molar-refractivity contribution >= 4 is 28.4 Å². The van der Waals surface area contributed by atoms with Crippen LogP contribution in [0.1, 0.15) is 16.2 Å². The number of rotatable bonds is 6. The number of ketones is 1. The number of benzene rings is 1. The van der Waals surface area contributed by atoms with E-state index in [1.54, 1.807) is 0 Å². The molecule has 0 saturated heterocycles. The van der Waals surface area contributed by atoms with Crippen LogP contribution in [0.4, 0.5) is 5.82 Å². The van der Waals surface area contributed by atoms with Gasteiger partial charge in [0.05, 0.1) is 36.3 Å². The minimum absolute atomic E-state index is 0.160. The van der Waals surface area contributed by atoms with Crippen molar-refractivity contribution in [1.82, 2.24) is 29.6 Å². The highest BCUT2D eigenvalue weighted by atomic mass is 16.5. The lowest BCUT2D eigenvalue weighted by molar-refractivity contribution is -0.127. The van der Waals surface area contributed by atoms with Gasteiger partial charge < -0.3 is 24.9 Å². The second kappa shape index (κ2) is 8.91. The van der Waals surface area contributed by atoms with Crippen molar-refractivity contribution in [3.05, 3.63) is 66.5 Å². The molecule has 4 heterocycles. The van der Waals surface area contributed by atoms with E-state index in [4.69, 9.17) is 16.3 Å². The van der Waals surface area contributed by atoms with Crippen LogP contribution in [0.15, 0.2) is 55.1 Å². The summed E-state index contributed by atoms with van der Waals surface area (Å²) < 4.78 is 7.37. The number of nitrogens with two attached hydrogens (primary N) is 2. The van der Waals surface area contributed by atoms with Crippen LogP contribution in [0.25, 0.3) is 22.3 Å². The first kappa shape index (κ1) is 22.1. The van der Waals surface area contributed by atoms with E-state index in [-0.39, 0.29) is 12.1 Å². The van der Waals surface area contributed by atoms with Crippen LogP contribution in [0.3, 0.4) is 0 Å². The van der Waals surface area contributed by atoms with E-state index in [0.29, 0.717) is 41.4 Å². The van der Waals surface area contributed by atoms with Gasteiger partial charge in [-0.1, -0.05) is 30.3 Å². The van der Waals surface area contributed by atoms with E-state index >= 15 is 0 Å². The predicted octanol–water partition coefficient (Wildman–Crippen LogP) is 1.17. The fraction of sp³-hybridized carbons (Fsp3) is 0.174. The molecule has 0 radical (unpaired) electrons. The van der Waals surface area contributed by atoms with Crippen molar-refractivity contribution in [3.8, 4) is 17.1 Å². The van der Waals surface area contributed by atoms with Gasteiger partial charge in [-0.25, -0.2) is 10.8 Å². The molecule has 4 aromatic rings. The number of anilines is 1. The van der Waals surface area contributed by atoms with Crippen LogP contribution < -0.4 is 21.3 Å². The summed E-state index contributed by atoms with van der Waals surface area (Å²) in [6.45, 7) is 0.999. The van der Waals surface area contributed by atoms with Gasteiger partial charge in [-0.05, 0) is 0 Å². The first-order chi connectivity index (χ1) is 17.0. The zero-order chi connectivity index (χ0) is 24.5. The molecular formula is C23H23N9O3. The predicted molar refractivity (Wildman–Crippen MR) is 128 cm³/mol. The van der Waals surface area contributed by atoms with Crippen LogP contribution in [0.2, 0.25) is 0 Å². The smallest absolute Gasteiger partial charge is 0.295 e. The number of nitrogens with zero attached hydrogens (tertiary/aromatic N) is 6. The molecule has 5 rings (SSSR count). The zero-order valence-electron chi connectivity index (χ0n) is 18.9. The van der Waals surface area contributed by atoms with Gasteiger partial charge in [-0.2, -0.15) is 0 Å². The molecule has 178 valence electrons. The Morgan fingerprint density at radius 1 is 1.20 bits per heavy atom. The molecule has 1 aliphatic heterocycles. The highest BCUT2D eigenvalue weighted by Gasteiger charge is 2.31. The molecule has 0 spiro atoms. The average Bonchev–Trinajstić information content (AvgIpc) is 3.52. The van der Waals surface area contributed by atoms with Crippen molar-refractivity contribution in [2.45, 2.75) is 13.1 Å². The number of hydrogen-bond donors (Lipinski definition) is 3. The Kier molecular flexibility index (Phi) is 5.63. The summed E-state index contributed by atoms with van der Waals surface area (Å²) in [6.07, 6.45) is 5.56. The summed E-state index contributed by atoms with van der Waals surface area (Å²) >= 11 is 0. The summed E-state index contributed by atoms with van der Waals surface area (Å²) in [5.74, 6) is 6.65. The molecule has 0 aliphatic carbocycles. The van der Waals surface area contributed by atoms with Gasteiger partial charge in [0.1, 0.15) is 5.75 Å². The lowest BCUT2D eigenvalue weighted by atomic mass is 10.1. The number of carbonyl (C=O) groups is 2. The Morgan fingerprint density at radius 2 is 2.00 bits per heavy atom. The number of hydrogen-bond acceptors (Lipinski definition) is 9. The number of fused-ring (bicyclic) bond motifs is 2. The normalized spacial score (nSPS) is 13.3. The van der Waals surface area contributed by atoms with Crippen LogP contribution >= 0.6 is 0 Å². The maximum absolute atomic E-state index is 13.3. The van der Waals surface area contributed by atoms with E-state index < -0.39 is 11.7 Å². The Balaban J connectivity index is 1.44. The largest absolute Gasteiger partial charge is 0.494 e. The fourth-order valence-electron chi connectivity index (χ4n) is 4.19. The highest BCUT2D eigenvalue weighted by molar-refractivity contribution is 6.45. The molecule has 1 aliphatic rings. The maximum Gasteiger partial charge on any atom is 0.295 e. The van der Waals surface area contributed by atoms with Crippen LogP contribution in [-0.2, 0) is 17.9 Å². The lowest BCUT2D eigenvalue weighted by Crippen LogP contribution is -2.42. The van der Waals surface area contributed by atoms with Crippen molar-refractivity contribution in [2.75, 3.05) is 18.7 Å². The van der Waals surface area contributed by atoms with E-state index in [0.717, 1.165) is 11.4 Å². The maximum atomic E-state index is 13.3. The molecule has 0 fully saturated rings. The first-order valence-corrected chi connectivity index (χ1v) is 10.8. The molecule has 0 saturated carbocycles. The Bertz CT molecular complexity index is 1440. The van der Waals surface area contributed by atoms with E-state index in [2.05, 4.69) is 20.2 Å². The van der Waals surface area contributed by atoms with Crippen LogP contribution in [0, 0.1) is 0 Å². The Morgan fingerprint density at radius 3 is 2.74 bits per heavy atom. The van der Waals surface area contributed by atoms with Crippen molar-refractivity contribution < 1.29 is 14.3 Å². The summed E-state index contributed by atoms with van der Waals surface area (Å²) in [5.41, 5.74) is 6.97. The number of methoxy groups -OCH3 is 1. The van der Waals surface area contributed by atoms with Gasteiger partial charge in [0.25, 0.3) is 11.7 Å². The van der Waals surface area contributed by atoms with Gasteiger partial charge in [0.2, 0.25) is 0 Å². The van der Waals surface area contributed by atoms with E-state index in [1.165, 1.54) is 41.8 Å².